The van der Waals surface area contributed by atoms with Crippen LogP contribution in [0.1, 0.15) is 0 Å². The molecular formula is C18H16ClFN4O4. The van der Waals surface area contributed by atoms with Crippen LogP contribution in [0.4, 0.5) is 21.5 Å². The van der Waals surface area contributed by atoms with Crippen LogP contribution in [0.15, 0.2) is 42.5 Å². The van der Waals surface area contributed by atoms with Crippen molar-refractivity contribution >= 4 is 40.5 Å². The Hall–Kier alpha value is -3.20. The van der Waals surface area contributed by atoms with E-state index in [9.17, 15) is 24.1 Å². The number of nitrogens with zero attached hydrogens (tertiary/aromatic N) is 3. The molecule has 2 aromatic carbocycles. The third-order valence-corrected chi connectivity index (χ3v) is 4.69. The number of rotatable bonds is 3. The zero-order chi connectivity index (χ0) is 20.3. The summed E-state index contributed by atoms with van der Waals surface area (Å²) < 4.78 is 13.0. The standard InChI is InChI=1S/C18H16ClFN4O4/c19-15-6-5-14(24(27)28)11-16(15)21-17(25)18(26)23-9-7-22(8-10-23)13-3-1-12(20)2-4-13/h1-6,11H,7-10H2,(H,21,25). The summed E-state index contributed by atoms with van der Waals surface area (Å²) in [6, 6.07) is 9.62. The van der Waals surface area contributed by atoms with Gasteiger partial charge in [0.25, 0.3) is 5.69 Å². The highest BCUT2D eigenvalue weighted by Gasteiger charge is 2.27. The summed E-state index contributed by atoms with van der Waals surface area (Å²) in [5.41, 5.74) is 0.584. The van der Waals surface area contributed by atoms with Crippen molar-refractivity contribution in [2.24, 2.45) is 0 Å². The van der Waals surface area contributed by atoms with Crippen LogP contribution < -0.4 is 10.2 Å². The van der Waals surface area contributed by atoms with Gasteiger partial charge in [-0.2, -0.15) is 0 Å². The van der Waals surface area contributed by atoms with Gasteiger partial charge < -0.3 is 15.1 Å². The molecule has 1 N–H and O–H groups in total. The van der Waals surface area contributed by atoms with E-state index in [0.717, 1.165) is 11.8 Å². The second-order valence-corrected chi connectivity index (χ2v) is 6.54. The lowest BCUT2D eigenvalue weighted by Gasteiger charge is -2.35. The van der Waals surface area contributed by atoms with Crippen molar-refractivity contribution < 1.29 is 18.9 Å². The molecule has 10 heteroatoms. The van der Waals surface area contributed by atoms with E-state index in [-0.39, 0.29) is 22.2 Å². The molecule has 2 aromatic rings. The van der Waals surface area contributed by atoms with E-state index >= 15 is 0 Å². The highest BCUT2D eigenvalue weighted by atomic mass is 35.5. The first-order valence-electron chi connectivity index (χ1n) is 8.40. The molecule has 0 spiro atoms. The smallest absolute Gasteiger partial charge is 0.313 e. The van der Waals surface area contributed by atoms with Gasteiger partial charge in [-0.25, -0.2) is 4.39 Å². The number of amides is 2. The minimum absolute atomic E-state index is 0.000773. The maximum atomic E-state index is 13.0. The summed E-state index contributed by atoms with van der Waals surface area (Å²) in [4.78, 5) is 38.2. The van der Waals surface area contributed by atoms with Crippen molar-refractivity contribution in [3.05, 3.63) is 63.4 Å². The Labute approximate surface area is 164 Å². The molecule has 0 atom stereocenters. The van der Waals surface area contributed by atoms with E-state index in [1.165, 1.54) is 29.2 Å². The molecular weight excluding hydrogens is 391 g/mol. The second kappa shape index (κ2) is 8.22. The number of benzene rings is 2. The molecule has 28 heavy (non-hydrogen) atoms. The number of carbonyl (C=O) groups excluding carboxylic acids is 2. The van der Waals surface area contributed by atoms with Crippen molar-refractivity contribution in [1.29, 1.82) is 0 Å². The Bertz CT molecular complexity index is 914. The third-order valence-electron chi connectivity index (χ3n) is 4.36. The number of nitro benzene ring substituents is 1. The zero-order valence-electron chi connectivity index (χ0n) is 14.6. The molecule has 0 radical (unpaired) electrons. The number of piperazine rings is 1. The summed E-state index contributed by atoms with van der Waals surface area (Å²) >= 11 is 5.94. The van der Waals surface area contributed by atoms with Gasteiger partial charge in [0.15, 0.2) is 0 Å². The summed E-state index contributed by atoms with van der Waals surface area (Å²) in [5, 5.41) is 13.3. The van der Waals surface area contributed by atoms with Crippen LogP contribution in [-0.2, 0) is 9.59 Å². The van der Waals surface area contributed by atoms with Crippen LogP contribution in [0.5, 0.6) is 0 Å². The van der Waals surface area contributed by atoms with Crippen LogP contribution in [0.2, 0.25) is 5.02 Å². The van der Waals surface area contributed by atoms with Crippen LogP contribution in [0.3, 0.4) is 0 Å². The van der Waals surface area contributed by atoms with Gasteiger partial charge in [0.1, 0.15) is 5.82 Å². The van der Waals surface area contributed by atoms with Gasteiger partial charge in [-0.3, -0.25) is 19.7 Å². The van der Waals surface area contributed by atoms with Gasteiger partial charge in [0, 0.05) is 44.0 Å². The molecule has 0 aliphatic carbocycles. The van der Waals surface area contributed by atoms with Gasteiger partial charge in [-0.1, -0.05) is 11.6 Å². The van der Waals surface area contributed by atoms with Crippen LogP contribution in [0.25, 0.3) is 0 Å². The van der Waals surface area contributed by atoms with Crippen molar-refractivity contribution in [1.82, 2.24) is 4.90 Å². The second-order valence-electron chi connectivity index (χ2n) is 6.13. The molecule has 8 nitrogen and oxygen atoms in total. The van der Waals surface area contributed by atoms with E-state index in [0.29, 0.717) is 26.2 Å². The molecule has 0 aromatic heterocycles. The van der Waals surface area contributed by atoms with Crippen LogP contribution in [-0.4, -0.2) is 47.8 Å². The minimum Gasteiger partial charge on any atom is -0.368 e. The Kier molecular flexibility index (Phi) is 5.74. The fraction of sp³-hybridized carbons (Fsp3) is 0.222. The maximum Gasteiger partial charge on any atom is 0.313 e. The van der Waals surface area contributed by atoms with Gasteiger partial charge >= 0.3 is 11.8 Å². The Balaban J connectivity index is 1.60. The third kappa shape index (κ3) is 4.37. The molecule has 146 valence electrons. The van der Waals surface area contributed by atoms with Crippen molar-refractivity contribution in [3.63, 3.8) is 0 Å². The first kappa shape index (κ1) is 19.6. The monoisotopic (exact) mass is 406 g/mol. The largest absolute Gasteiger partial charge is 0.368 e. The van der Waals surface area contributed by atoms with Crippen LogP contribution >= 0.6 is 11.6 Å². The summed E-state index contributed by atoms with van der Waals surface area (Å²) in [5.74, 6) is -1.99. The number of hydrogen-bond donors (Lipinski definition) is 1. The number of nitro groups is 1. The minimum atomic E-state index is -0.919. The van der Waals surface area contributed by atoms with E-state index in [1.807, 2.05) is 4.90 Å². The predicted molar refractivity (Wildman–Crippen MR) is 102 cm³/mol. The van der Waals surface area contributed by atoms with Crippen LogP contribution in [0, 0.1) is 15.9 Å². The summed E-state index contributed by atoms with van der Waals surface area (Å²) in [6.07, 6.45) is 0. The van der Waals surface area contributed by atoms with E-state index < -0.39 is 16.7 Å². The van der Waals surface area contributed by atoms with E-state index in [1.54, 1.807) is 12.1 Å². The molecule has 2 amide bonds. The average Bonchev–Trinajstić information content (AvgIpc) is 2.69. The predicted octanol–water partition coefficient (Wildman–Crippen LogP) is 2.67. The van der Waals surface area contributed by atoms with Crippen molar-refractivity contribution in [2.75, 3.05) is 36.4 Å². The number of hydrogen-bond acceptors (Lipinski definition) is 5. The number of non-ortho nitro benzene ring substituents is 1. The van der Waals surface area contributed by atoms with Gasteiger partial charge in [-0.05, 0) is 30.3 Å². The average molecular weight is 407 g/mol. The Morgan fingerprint density at radius 2 is 1.71 bits per heavy atom. The molecule has 1 aliphatic heterocycles. The first-order chi connectivity index (χ1) is 13.3. The van der Waals surface area contributed by atoms with Gasteiger partial charge in [0.05, 0.1) is 15.6 Å². The molecule has 1 heterocycles. The number of nitrogens with one attached hydrogen (secondary N) is 1. The van der Waals surface area contributed by atoms with Crippen molar-refractivity contribution in [2.45, 2.75) is 0 Å². The molecule has 3 rings (SSSR count). The lowest BCUT2D eigenvalue weighted by atomic mass is 10.2. The highest BCUT2D eigenvalue weighted by Crippen LogP contribution is 2.26. The molecule has 1 saturated heterocycles. The molecule has 0 bridgehead atoms. The number of anilines is 2. The topological polar surface area (TPSA) is 95.8 Å². The lowest BCUT2D eigenvalue weighted by Crippen LogP contribution is -2.51. The SMILES string of the molecule is O=C(Nc1cc([N+](=O)[O-])ccc1Cl)C(=O)N1CCN(c2ccc(F)cc2)CC1. The quantitative estimate of drug-likeness (QED) is 0.480. The highest BCUT2D eigenvalue weighted by molar-refractivity contribution is 6.41. The number of carbonyl (C=O) groups is 2. The van der Waals surface area contributed by atoms with Gasteiger partial charge in [0.2, 0.25) is 0 Å². The summed E-state index contributed by atoms with van der Waals surface area (Å²) in [7, 11) is 0. The van der Waals surface area contributed by atoms with Crippen molar-refractivity contribution in [3.8, 4) is 0 Å². The maximum absolute atomic E-state index is 13.0. The van der Waals surface area contributed by atoms with E-state index in [2.05, 4.69) is 5.32 Å². The zero-order valence-corrected chi connectivity index (χ0v) is 15.4. The summed E-state index contributed by atoms with van der Waals surface area (Å²) in [6.45, 7) is 1.60. The molecule has 0 unspecified atom stereocenters. The number of halogens is 2. The Morgan fingerprint density at radius 1 is 1.07 bits per heavy atom. The molecule has 1 aliphatic rings. The molecule has 1 fully saturated rings. The van der Waals surface area contributed by atoms with Gasteiger partial charge in [-0.15, -0.1) is 0 Å². The van der Waals surface area contributed by atoms with E-state index in [4.69, 9.17) is 11.6 Å². The first-order valence-corrected chi connectivity index (χ1v) is 8.77. The molecule has 0 saturated carbocycles. The Morgan fingerprint density at radius 3 is 2.32 bits per heavy atom. The fourth-order valence-electron chi connectivity index (χ4n) is 2.86. The normalized spacial score (nSPS) is 13.9. The fourth-order valence-corrected chi connectivity index (χ4v) is 3.03. The lowest BCUT2D eigenvalue weighted by molar-refractivity contribution is -0.384.